The van der Waals surface area contributed by atoms with E-state index < -0.39 is 10.0 Å². The maximum Gasteiger partial charge on any atom is 0.242 e. The van der Waals surface area contributed by atoms with Gasteiger partial charge in [-0.3, -0.25) is 0 Å². The van der Waals surface area contributed by atoms with Gasteiger partial charge in [0.25, 0.3) is 0 Å². The molecule has 0 amide bonds. The minimum Gasteiger partial charge on any atom is -0.211 e. The van der Waals surface area contributed by atoms with E-state index in [-0.39, 0.29) is 20.0 Å². The summed E-state index contributed by atoms with van der Waals surface area (Å²) in [4.78, 5) is -0.0587. The van der Waals surface area contributed by atoms with Crippen molar-refractivity contribution in [2.24, 2.45) is 0 Å². The summed E-state index contributed by atoms with van der Waals surface area (Å²) in [5.74, 6) is 0. The maximum atomic E-state index is 12.3. The van der Waals surface area contributed by atoms with Gasteiger partial charge in [-0.25, -0.2) is 13.1 Å². The zero-order valence-electron chi connectivity index (χ0n) is 12.2. The van der Waals surface area contributed by atoms with Crippen molar-refractivity contribution in [2.45, 2.75) is 24.2 Å². The van der Waals surface area contributed by atoms with E-state index in [0.717, 1.165) is 19.3 Å². The molecule has 0 heterocycles. The molecule has 2 aromatic rings. The molecule has 0 aliphatic rings. The first-order chi connectivity index (χ1) is 10.9. The van der Waals surface area contributed by atoms with Crippen molar-refractivity contribution in [3.05, 3.63) is 63.1 Å². The van der Waals surface area contributed by atoms with Crippen LogP contribution in [0.25, 0.3) is 0 Å². The molecule has 3 nitrogen and oxygen atoms in total. The van der Waals surface area contributed by atoms with E-state index in [2.05, 4.69) is 16.9 Å². The summed E-state index contributed by atoms with van der Waals surface area (Å²) in [5.41, 5.74) is 1.24. The van der Waals surface area contributed by atoms with E-state index in [1.165, 1.54) is 17.7 Å². The van der Waals surface area contributed by atoms with Crippen LogP contribution in [0.2, 0.25) is 15.1 Å². The summed E-state index contributed by atoms with van der Waals surface area (Å²) in [5, 5.41) is 0.426. The lowest BCUT2D eigenvalue weighted by atomic mass is 10.1. The van der Waals surface area contributed by atoms with E-state index in [1.807, 2.05) is 18.2 Å². The smallest absolute Gasteiger partial charge is 0.211 e. The Labute approximate surface area is 151 Å². The molecule has 7 heteroatoms. The van der Waals surface area contributed by atoms with Gasteiger partial charge in [-0.05, 0) is 37.0 Å². The van der Waals surface area contributed by atoms with Gasteiger partial charge in [0.15, 0.2) is 0 Å². The van der Waals surface area contributed by atoms with Gasteiger partial charge in [0.05, 0.1) is 15.1 Å². The first-order valence-electron chi connectivity index (χ1n) is 7.08. The molecule has 0 unspecified atom stereocenters. The van der Waals surface area contributed by atoms with Crippen LogP contribution in [0, 0.1) is 0 Å². The van der Waals surface area contributed by atoms with Gasteiger partial charge in [-0.2, -0.15) is 0 Å². The lowest BCUT2D eigenvalue weighted by Crippen LogP contribution is -2.25. The summed E-state index contributed by atoms with van der Waals surface area (Å²) in [7, 11) is -3.70. The van der Waals surface area contributed by atoms with Crippen LogP contribution in [-0.4, -0.2) is 15.0 Å². The minimum atomic E-state index is -3.70. The number of sulfonamides is 1. The molecule has 0 spiro atoms. The Morgan fingerprint density at radius 2 is 1.52 bits per heavy atom. The average Bonchev–Trinajstić information content (AvgIpc) is 2.51. The fourth-order valence-corrected chi connectivity index (χ4v) is 4.17. The van der Waals surface area contributed by atoms with Gasteiger partial charge in [-0.1, -0.05) is 65.1 Å². The van der Waals surface area contributed by atoms with Crippen LogP contribution in [0.15, 0.2) is 47.4 Å². The fraction of sp³-hybridized carbons (Fsp3) is 0.250. The van der Waals surface area contributed by atoms with Crippen molar-refractivity contribution in [1.82, 2.24) is 4.72 Å². The third-order valence-electron chi connectivity index (χ3n) is 3.29. The molecule has 0 aromatic heterocycles. The van der Waals surface area contributed by atoms with Crippen LogP contribution in [0.1, 0.15) is 18.4 Å². The highest BCUT2D eigenvalue weighted by atomic mass is 35.5. The molecule has 124 valence electrons. The van der Waals surface area contributed by atoms with Gasteiger partial charge in [-0.15, -0.1) is 0 Å². The van der Waals surface area contributed by atoms with Gasteiger partial charge in [0.2, 0.25) is 10.0 Å². The Balaban J connectivity index is 1.88. The summed E-state index contributed by atoms with van der Waals surface area (Å²) in [6.07, 6.45) is 2.53. The summed E-state index contributed by atoms with van der Waals surface area (Å²) in [6, 6.07) is 12.7. The van der Waals surface area contributed by atoms with Crippen molar-refractivity contribution in [2.75, 3.05) is 6.54 Å². The number of nitrogens with one attached hydrogen (secondary N) is 1. The van der Waals surface area contributed by atoms with Gasteiger partial charge < -0.3 is 0 Å². The standard InChI is InChI=1S/C16H16Cl3NO2S/c17-13-10-15(19)16(11-14(13)18)23(21,22)20-9-5-4-8-12-6-2-1-3-7-12/h1-3,6-7,10-11,20H,4-5,8-9H2. The topological polar surface area (TPSA) is 46.2 Å². The van der Waals surface area contributed by atoms with Crippen LogP contribution in [0.4, 0.5) is 0 Å². The van der Waals surface area contributed by atoms with Crippen LogP contribution < -0.4 is 4.72 Å². The second-order valence-corrected chi connectivity index (χ2v) is 7.99. The number of halogens is 3. The Morgan fingerprint density at radius 1 is 0.870 bits per heavy atom. The number of benzene rings is 2. The van der Waals surface area contributed by atoms with Crippen molar-refractivity contribution < 1.29 is 8.42 Å². The lowest BCUT2D eigenvalue weighted by Gasteiger charge is -2.09. The van der Waals surface area contributed by atoms with Crippen molar-refractivity contribution in [3.63, 3.8) is 0 Å². The number of hydrogen-bond acceptors (Lipinski definition) is 2. The monoisotopic (exact) mass is 391 g/mol. The maximum absolute atomic E-state index is 12.3. The molecule has 0 saturated carbocycles. The third kappa shape index (κ3) is 5.37. The molecule has 0 saturated heterocycles. The van der Waals surface area contributed by atoms with E-state index in [1.54, 1.807) is 0 Å². The van der Waals surface area contributed by atoms with Gasteiger partial charge >= 0.3 is 0 Å². The third-order valence-corrected chi connectivity index (χ3v) is 5.94. The Morgan fingerprint density at radius 3 is 2.22 bits per heavy atom. The quantitative estimate of drug-likeness (QED) is 0.535. The van der Waals surface area contributed by atoms with Crippen LogP contribution >= 0.6 is 34.8 Å². The number of rotatable bonds is 7. The molecule has 0 aliphatic heterocycles. The minimum absolute atomic E-state index is 0.0520. The van der Waals surface area contributed by atoms with E-state index in [0.29, 0.717) is 6.54 Å². The number of unbranched alkanes of at least 4 members (excludes halogenated alkanes) is 1. The van der Waals surface area contributed by atoms with Crippen molar-refractivity contribution in [3.8, 4) is 0 Å². The van der Waals surface area contributed by atoms with E-state index >= 15 is 0 Å². The van der Waals surface area contributed by atoms with Crippen LogP contribution in [0.3, 0.4) is 0 Å². The second kappa shape index (κ2) is 8.36. The van der Waals surface area contributed by atoms with Crippen molar-refractivity contribution >= 4 is 44.8 Å². The predicted octanol–water partition coefficient (Wildman–Crippen LogP) is 4.95. The largest absolute Gasteiger partial charge is 0.242 e. The highest BCUT2D eigenvalue weighted by molar-refractivity contribution is 7.89. The Hall–Kier alpha value is -0.780. The summed E-state index contributed by atoms with van der Waals surface area (Å²) >= 11 is 17.6. The Kier molecular flexibility index (Phi) is 6.74. The summed E-state index contributed by atoms with van der Waals surface area (Å²) in [6.45, 7) is 0.339. The second-order valence-electron chi connectivity index (χ2n) is 5.04. The summed E-state index contributed by atoms with van der Waals surface area (Å²) < 4.78 is 27.0. The molecule has 1 N–H and O–H groups in total. The highest BCUT2D eigenvalue weighted by Crippen LogP contribution is 2.31. The molecular formula is C16H16Cl3NO2S. The molecule has 2 rings (SSSR count). The SMILES string of the molecule is O=S(=O)(NCCCCc1ccccc1)c1cc(Cl)c(Cl)cc1Cl. The molecule has 2 aromatic carbocycles. The molecular weight excluding hydrogens is 377 g/mol. The Bertz CT molecular complexity index is 764. The van der Waals surface area contributed by atoms with Crippen molar-refractivity contribution in [1.29, 1.82) is 0 Å². The van der Waals surface area contributed by atoms with E-state index in [4.69, 9.17) is 34.8 Å². The molecule has 23 heavy (non-hydrogen) atoms. The zero-order chi connectivity index (χ0) is 16.9. The van der Waals surface area contributed by atoms with Gasteiger partial charge in [0.1, 0.15) is 4.90 Å². The number of hydrogen-bond donors (Lipinski definition) is 1. The van der Waals surface area contributed by atoms with Crippen LogP contribution in [-0.2, 0) is 16.4 Å². The first-order valence-corrected chi connectivity index (χ1v) is 9.70. The van der Waals surface area contributed by atoms with Gasteiger partial charge in [0, 0.05) is 6.54 Å². The zero-order valence-corrected chi connectivity index (χ0v) is 15.3. The highest BCUT2D eigenvalue weighted by Gasteiger charge is 2.19. The van der Waals surface area contributed by atoms with E-state index in [9.17, 15) is 8.42 Å². The van der Waals surface area contributed by atoms with Crippen LogP contribution in [0.5, 0.6) is 0 Å². The lowest BCUT2D eigenvalue weighted by molar-refractivity contribution is 0.577. The molecule has 0 fully saturated rings. The predicted molar refractivity (Wildman–Crippen MR) is 96.0 cm³/mol. The number of aryl methyl sites for hydroxylation is 1. The average molecular weight is 393 g/mol. The molecule has 0 radical (unpaired) electrons. The molecule has 0 atom stereocenters. The fourth-order valence-electron chi connectivity index (χ4n) is 2.09. The molecule has 0 aliphatic carbocycles. The normalized spacial score (nSPS) is 11.6. The molecule has 0 bridgehead atoms. The first kappa shape index (κ1) is 18.6.